The number of rotatable bonds is 1. The highest BCUT2D eigenvalue weighted by Gasteiger charge is 2.55. The van der Waals surface area contributed by atoms with Gasteiger partial charge in [-0.05, 0) is 68.3 Å². The van der Waals surface area contributed by atoms with Crippen molar-refractivity contribution in [2.45, 2.75) is 63.6 Å². The maximum absolute atomic E-state index is 6.41. The van der Waals surface area contributed by atoms with Crippen LogP contribution in [0.1, 0.15) is 58.1 Å². The summed E-state index contributed by atoms with van der Waals surface area (Å²) >= 11 is 0. The van der Waals surface area contributed by atoms with Crippen LogP contribution in [-0.4, -0.2) is 18.3 Å². The monoisotopic (exact) mass is 332 g/mol. The second-order valence-electron chi connectivity index (χ2n) is 8.84. The lowest BCUT2D eigenvalue weighted by Crippen LogP contribution is -2.44. The fourth-order valence-electron chi connectivity index (χ4n) is 4.81. The summed E-state index contributed by atoms with van der Waals surface area (Å²) in [5.41, 5.74) is 6.52. The van der Waals surface area contributed by atoms with Gasteiger partial charge in [-0.1, -0.05) is 48.9 Å². The summed E-state index contributed by atoms with van der Waals surface area (Å²) in [6, 6.07) is 15.6. The Morgan fingerprint density at radius 3 is 2.08 bits per heavy atom. The maximum atomic E-state index is 6.41. The molecule has 1 saturated carbocycles. The van der Waals surface area contributed by atoms with Crippen molar-refractivity contribution in [1.82, 2.24) is 0 Å². The van der Waals surface area contributed by atoms with Crippen molar-refractivity contribution in [1.29, 1.82) is 0 Å². The fraction of sp³-hybridized carbons (Fsp3) is 0.455. The molecule has 0 amide bonds. The molecule has 128 valence electrons. The van der Waals surface area contributed by atoms with E-state index in [2.05, 4.69) is 70.2 Å². The van der Waals surface area contributed by atoms with Crippen LogP contribution >= 0.6 is 0 Å². The molecule has 2 aliphatic carbocycles. The first-order valence-corrected chi connectivity index (χ1v) is 9.45. The Labute approximate surface area is 150 Å². The molecule has 0 aromatic heterocycles. The molecule has 1 spiro atoms. The molecule has 3 heteroatoms. The van der Waals surface area contributed by atoms with Crippen LogP contribution in [0.3, 0.4) is 0 Å². The Morgan fingerprint density at radius 2 is 1.44 bits per heavy atom. The molecule has 3 aliphatic rings. The SMILES string of the molecule is CC1(C)OB(c2cccc3c2C2(CCC2)c2ccccc2-3)OC1(C)C. The zero-order chi connectivity index (χ0) is 17.4. The average Bonchev–Trinajstić information content (AvgIpc) is 2.95. The molecular formula is C22H25BO2. The molecule has 0 radical (unpaired) electrons. The summed E-state index contributed by atoms with van der Waals surface area (Å²) in [6.45, 7) is 8.52. The number of hydrogen-bond acceptors (Lipinski definition) is 2. The normalized spacial score (nSPS) is 24.1. The summed E-state index contributed by atoms with van der Waals surface area (Å²) in [5.74, 6) is 0. The molecule has 1 saturated heterocycles. The predicted octanol–water partition coefficient (Wildman–Crippen LogP) is 4.44. The summed E-state index contributed by atoms with van der Waals surface area (Å²) in [6.07, 6.45) is 3.76. The third-order valence-corrected chi connectivity index (χ3v) is 7.02. The van der Waals surface area contributed by atoms with Gasteiger partial charge in [0.2, 0.25) is 0 Å². The number of fused-ring (bicyclic) bond motifs is 5. The van der Waals surface area contributed by atoms with Crippen molar-refractivity contribution in [3.63, 3.8) is 0 Å². The van der Waals surface area contributed by atoms with Gasteiger partial charge in [0.05, 0.1) is 11.2 Å². The molecule has 2 nitrogen and oxygen atoms in total. The van der Waals surface area contributed by atoms with Crippen molar-refractivity contribution in [3.8, 4) is 11.1 Å². The van der Waals surface area contributed by atoms with E-state index in [1.54, 1.807) is 0 Å². The summed E-state index contributed by atoms with van der Waals surface area (Å²) in [4.78, 5) is 0. The third-order valence-electron chi connectivity index (χ3n) is 7.02. The molecule has 5 rings (SSSR count). The Morgan fingerprint density at radius 1 is 0.800 bits per heavy atom. The standard InChI is InChI=1S/C22H25BO2/c1-20(2)21(3,4)25-23(24-20)18-12-7-10-16-15-9-5-6-11-17(15)22(19(16)18)13-8-14-22/h5-7,9-12H,8,13-14H2,1-4H3. The van der Waals surface area contributed by atoms with E-state index in [-0.39, 0.29) is 23.7 Å². The first-order valence-electron chi connectivity index (χ1n) is 9.45. The van der Waals surface area contributed by atoms with E-state index in [1.807, 2.05) is 0 Å². The van der Waals surface area contributed by atoms with Crippen LogP contribution < -0.4 is 5.46 Å². The van der Waals surface area contributed by atoms with E-state index in [0.29, 0.717) is 0 Å². The Kier molecular flexibility index (Phi) is 2.99. The van der Waals surface area contributed by atoms with E-state index < -0.39 is 0 Å². The summed E-state index contributed by atoms with van der Waals surface area (Å²) < 4.78 is 12.8. The maximum Gasteiger partial charge on any atom is 0.495 e. The van der Waals surface area contributed by atoms with Gasteiger partial charge in [-0.2, -0.15) is 0 Å². The molecule has 0 bridgehead atoms. The lowest BCUT2D eigenvalue weighted by Gasteiger charge is -2.42. The molecule has 2 aromatic carbocycles. The Hall–Kier alpha value is -1.58. The number of benzene rings is 2. The molecule has 0 N–H and O–H groups in total. The van der Waals surface area contributed by atoms with E-state index >= 15 is 0 Å². The first-order chi connectivity index (χ1) is 11.9. The average molecular weight is 332 g/mol. The van der Waals surface area contributed by atoms with Gasteiger partial charge in [-0.15, -0.1) is 0 Å². The Balaban J connectivity index is 1.69. The quantitative estimate of drug-likeness (QED) is 0.719. The molecule has 1 aliphatic heterocycles. The predicted molar refractivity (Wildman–Crippen MR) is 102 cm³/mol. The highest BCUT2D eigenvalue weighted by Crippen LogP contribution is 2.58. The van der Waals surface area contributed by atoms with E-state index in [1.165, 1.54) is 47.0 Å². The second-order valence-corrected chi connectivity index (χ2v) is 8.84. The van der Waals surface area contributed by atoms with Crippen LogP contribution in [-0.2, 0) is 14.7 Å². The highest BCUT2D eigenvalue weighted by atomic mass is 16.7. The highest BCUT2D eigenvalue weighted by molar-refractivity contribution is 6.63. The lowest BCUT2D eigenvalue weighted by atomic mass is 9.58. The Bertz CT molecular complexity index is 848. The van der Waals surface area contributed by atoms with Crippen LogP contribution in [0, 0.1) is 0 Å². The van der Waals surface area contributed by atoms with Crippen molar-refractivity contribution in [3.05, 3.63) is 53.6 Å². The van der Waals surface area contributed by atoms with Crippen molar-refractivity contribution >= 4 is 12.6 Å². The zero-order valence-electron chi connectivity index (χ0n) is 15.6. The van der Waals surface area contributed by atoms with E-state index in [4.69, 9.17) is 9.31 Å². The van der Waals surface area contributed by atoms with Crippen LogP contribution in [0.15, 0.2) is 42.5 Å². The first kappa shape index (κ1) is 15.7. The molecular weight excluding hydrogens is 307 g/mol. The van der Waals surface area contributed by atoms with E-state index in [0.717, 1.165) is 0 Å². The van der Waals surface area contributed by atoms with Crippen molar-refractivity contribution < 1.29 is 9.31 Å². The van der Waals surface area contributed by atoms with Gasteiger partial charge in [-0.25, -0.2) is 0 Å². The fourth-order valence-corrected chi connectivity index (χ4v) is 4.81. The van der Waals surface area contributed by atoms with Crippen LogP contribution in [0.4, 0.5) is 0 Å². The van der Waals surface area contributed by atoms with E-state index in [9.17, 15) is 0 Å². The molecule has 0 atom stereocenters. The minimum absolute atomic E-state index is 0.173. The summed E-state index contributed by atoms with van der Waals surface area (Å²) in [7, 11) is -0.285. The van der Waals surface area contributed by atoms with Gasteiger partial charge in [0.1, 0.15) is 0 Å². The largest absolute Gasteiger partial charge is 0.495 e. The van der Waals surface area contributed by atoms with Gasteiger partial charge < -0.3 is 9.31 Å². The summed E-state index contributed by atoms with van der Waals surface area (Å²) in [5, 5.41) is 0. The molecule has 2 fully saturated rings. The van der Waals surface area contributed by atoms with Crippen LogP contribution in [0.2, 0.25) is 0 Å². The molecule has 0 unspecified atom stereocenters. The van der Waals surface area contributed by atoms with Gasteiger partial charge in [0, 0.05) is 5.41 Å². The van der Waals surface area contributed by atoms with Crippen molar-refractivity contribution in [2.75, 3.05) is 0 Å². The zero-order valence-corrected chi connectivity index (χ0v) is 15.6. The van der Waals surface area contributed by atoms with Crippen LogP contribution in [0.25, 0.3) is 11.1 Å². The molecule has 2 aromatic rings. The molecule has 25 heavy (non-hydrogen) atoms. The van der Waals surface area contributed by atoms with Gasteiger partial charge in [0.15, 0.2) is 0 Å². The molecule has 1 heterocycles. The minimum atomic E-state index is -0.307. The number of hydrogen-bond donors (Lipinski definition) is 0. The smallest absolute Gasteiger partial charge is 0.399 e. The van der Waals surface area contributed by atoms with Crippen molar-refractivity contribution in [2.24, 2.45) is 0 Å². The van der Waals surface area contributed by atoms with Gasteiger partial charge in [-0.3, -0.25) is 0 Å². The third kappa shape index (κ3) is 1.89. The van der Waals surface area contributed by atoms with Crippen LogP contribution in [0.5, 0.6) is 0 Å². The second kappa shape index (κ2) is 4.78. The topological polar surface area (TPSA) is 18.5 Å². The van der Waals surface area contributed by atoms with Gasteiger partial charge in [0.25, 0.3) is 0 Å². The van der Waals surface area contributed by atoms with Gasteiger partial charge >= 0.3 is 7.12 Å². The lowest BCUT2D eigenvalue weighted by molar-refractivity contribution is 0.00578. The minimum Gasteiger partial charge on any atom is -0.399 e.